The van der Waals surface area contributed by atoms with Gasteiger partial charge in [-0.3, -0.25) is 0 Å². The molecule has 1 aromatic heterocycles. The molecule has 2 N–H and O–H groups in total. The maximum Gasteiger partial charge on any atom is 0.161 e. The average Bonchev–Trinajstić information content (AvgIpc) is 2.35. The zero-order chi connectivity index (χ0) is 14.2. The van der Waals surface area contributed by atoms with Crippen molar-refractivity contribution in [2.75, 3.05) is 5.73 Å². The van der Waals surface area contributed by atoms with Crippen molar-refractivity contribution in [2.45, 2.75) is 26.7 Å². The first kappa shape index (κ1) is 14.2. The fraction of sp³-hybridized carbons (Fsp3) is 0.286. The molecule has 100 valence electrons. The zero-order valence-electron chi connectivity index (χ0n) is 11.0. The summed E-state index contributed by atoms with van der Waals surface area (Å²) in [5.74, 6) is 1.05. The Morgan fingerprint density at radius 3 is 2.53 bits per heavy atom. The number of aromatic nitrogens is 2. The quantitative estimate of drug-likeness (QED) is 0.815. The molecule has 0 fully saturated rings. The van der Waals surface area contributed by atoms with E-state index in [1.165, 1.54) is 6.07 Å². The van der Waals surface area contributed by atoms with Gasteiger partial charge in [-0.05, 0) is 59.2 Å². The van der Waals surface area contributed by atoms with Gasteiger partial charge in [-0.15, -0.1) is 0 Å². The van der Waals surface area contributed by atoms with Gasteiger partial charge in [0.2, 0.25) is 0 Å². The van der Waals surface area contributed by atoms with Crippen molar-refractivity contribution in [3.8, 4) is 11.4 Å². The van der Waals surface area contributed by atoms with Crippen LogP contribution in [0, 0.1) is 16.3 Å². The fourth-order valence-electron chi connectivity index (χ4n) is 1.78. The highest BCUT2D eigenvalue weighted by atomic mass is 127. The molecule has 0 bridgehead atoms. The van der Waals surface area contributed by atoms with E-state index < -0.39 is 0 Å². The van der Waals surface area contributed by atoms with E-state index >= 15 is 0 Å². The van der Waals surface area contributed by atoms with Crippen LogP contribution < -0.4 is 5.73 Å². The summed E-state index contributed by atoms with van der Waals surface area (Å²) in [5, 5.41) is 0. The first-order valence-electron chi connectivity index (χ1n) is 5.99. The molecule has 0 saturated carbocycles. The molecule has 0 unspecified atom stereocenters. The molecule has 0 spiro atoms. The fourth-order valence-corrected chi connectivity index (χ4v) is 2.64. The van der Waals surface area contributed by atoms with Gasteiger partial charge in [0.05, 0.1) is 9.26 Å². The SMILES string of the molecule is Cc1cc(-c2nc(N)c(I)c(C(C)C)n2)ccc1F. The Kier molecular flexibility index (Phi) is 4.03. The lowest BCUT2D eigenvalue weighted by Crippen LogP contribution is -2.06. The first-order chi connectivity index (χ1) is 8.90. The zero-order valence-corrected chi connectivity index (χ0v) is 13.2. The number of benzene rings is 1. The second-order valence-corrected chi connectivity index (χ2v) is 5.83. The minimum Gasteiger partial charge on any atom is -0.383 e. The highest BCUT2D eigenvalue weighted by Crippen LogP contribution is 2.27. The number of hydrogen-bond acceptors (Lipinski definition) is 3. The Morgan fingerprint density at radius 2 is 1.95 bits per heavy atom. The molecule has 0 aliphatic rings. The van der Waals surface area contributed by atoms with Gasteiger partial charge in [-0.1, -0.05) is 13.8 Å². The summed E-state index contributed by atoms with van der Waals surface area (Å²) in [6, 6.07) is 4.84. The molecule has 1 aromatic carbocycles. The largest absolute Gasteiger partial charge is 0.383 e. The number of nitrogens with two attached hydrogens (primary N) is 1. The van der Waals surface area contributed by atoms with Crippen LogP contribution in [0.3, 0.4) is 0 Å². The third kappa shape index (κ3) is 2.86. The van der Waals surface area contributed by atoms with Crippen LogP contribution in [0.2, 0.25) is 0 Å². The van der Waals surface area contributed by atoms with Gasteiger partial charge < -0.3 is 5.73 Å². The minimum absolute atomic E-state index is 0.230. The van der Waals surface area contributed by atoms with E-state index in [0.29, 0.717) is 17.2 Å². The summed E-state index contributed by atoms with van der Waals surface area (Å²) in [4.78, 5) is 8.85. The highest BCUT2D eigenvalue weighted by Gasteiger charge is 2.14. The average molecular weight is 371 g/mol. The smallest absolute Gasteiger partial charge is 0.161 e. The van der Waals surface area contributed by atoms with Crippen molar-refractivity contribution in [3.05, 3.63) is 38.8 Å². The third-order valence-corrected chi connectivity index (χ3v) is 3.97. The van der Waals surface area contributed by atoms with E-state index in [0.717, 1.165) is 14.8 Å². The molecule has 0 saturated heterocycles. The first-order valence-corrected chi connectivity index (χ1v) is 7.07. The molecule has 0 aliphatic heterocycles. The third-order valence-electron chi connectivity index (χ3n) is 2.87. The summed E-state index contributed by atoms with van der Waals surface area (Å²) in [5.41, 5.74) is 8.21. The summed E-state index contributed by atoms with van der Waals surface area (Å²) in [6.45, 7) is 5.84. The lowest BCUT2D eigenvalue weighted by molar-refractivity contribution is 0.618. The number of nitrogens with zero attached hydrogens (tertiary/aromatic N) is 2. The summed E-state index contributed by atoms with van der Waals surface area (Å²) in [7, 11) is 0. The Labute approximate surface area is 125 Å². The van der Waals surface area contributed by atoms with E-state index in [1.807, 2.05) is 0 Å². The van der Waals surface area contributed by atoms with E-state index in [-0.39, 0.29) is 11.7 Å². The van der Waals surface area contributed by atoms with Crippen LogP contribution in [0.4, 0.5) is 10.2 Å². The molecule has 0 aliphatic carbocycles. The molecular weight excluding hydrogens is 356 g/mol. The van der Waals surface area contributed by atoms with Gasteiger partial charge in [0.15, 0.2) is 5.82 Å². The van der Waals surface area contributed by atoms with Crippen LogP contribution in [0.15, 0.2) is 18.2 Å². The van der Waals surface area contributed by atoms with Crippen molar-refractivity contribution in [2.24, 2.45) is 0 Å². The van der Waals surface area contributed by atoms with Gasteiger partial charge in [0.25, 0.3) is 0 Å². The van der Waals surface area contributed by atoms with Crippen molar-refractivity contribution >= 4 is 28.4 Å². The van der Waals surface area contributed by atoms with Gasteiger partial charge in [-0.2, -0.15) is 0 Å². The second kappa shape index (κ2) is 5.40. The normalized spacial score (nSPS) is 11.1. The molecule has 0 atom stereocenters. The van der Waals surface area contributed by atoms with Crippen LogP contribution in [-0.2, 0) is 0 Å². The molecule has 2 rings (SSSR count). The number of halogens is 2. The monoisotopic (exact) mass is 371 g/mol. The Bertz CT molecular complexity index is 626. The molecule has 1 heterocycles. The van der Waals surface area contributed by atoms with Crippen LogP contribution in [0.1, 0.15) is 31.0 Å². The predicted molar refractivity (Wildman–Crippen MR) is 83.4 cm³/mol. The van der Waals surface area contributed by atoms with Crippen LogP contribution in [-0.4, -0.2) is 9.97 Å². The maximum atomic E-state index is 13.3. The van der Waals surface area contributed by atoms with Crippen molar-refractivity contribution in [1.82, 2.24) is 9.97 Å². The van der Waals surface area contributed by atoms with Gasteiger partial charge >= 0.3 is 0 Å². The van der Waals surface area contributed by atoms with E-state index in [9.17, 15) is 4.39 Å². The van der Waals surface area contributed by atoms with Gasteiger partial charge in [-0.25, -0.2) is 14.4 Å². The van der Waals surface area contributed by atoms with Crippen molar-refractivity contribution in [3.63, 3.8) is 0 Å². The number of aryl methyl sites for hydroxylation is 1. The van der Waals surface area contributed by atoms with E-state index in [2.05, 4.69) is 46.4 Å². The molecule has 19 heavy (non-hydrogen) atoms. The minimum atomic E-state index is -0.230. The standard InChI is InChI=1S/C14H15FIN3/c1-7(2)12-11(16)13(17)19-14(18-12)9-4-5-10(15)8(3)6-9/h4-7H,1-3H3,(H2,17,18,19). The molecule has 2 aromatic rings. The van der Waals surface area contributed by atoms with Crippen LogP contribution in [0.25, 0.3) is 11.4 Å². The topological polar surface area (TPSA) is 51.8 Å². The van der Waals surface area contributed by atoms with Crippen molar-refractivity contribution in [1.29, 1.82) is 0 Å². The molecule has 0 amide bonds. The van der Waals surface area contributed by atoms with Crippen molar-refractivity contribution < 1.29 is 4.39 Å². The maximum absolute atomic E-state index is 13.3. The van der Waals surface area contributed by atoms with Gasteiger partial charge in [0.1, 0.15) is 11.6 Å². The van der Waals surface area contributed by atoms with E-state index in [1.54, 1.807) is 19.1 Å². The molecule has 5 heteroatoms. The Hall–Kier alpha value is -1.24. The lowest BCUT2D eigenvalue weighted by atomic mass is 10.1. The summed E-state index contributed by atoms with van der Waals surface area (Å²) in [6.07, 6.45) is 0. The number of hydrogen-bond donors (Lipinski definition) is 1. The summed E-state index contributed by atoms with van der Waals surface area (Å²) >= 11 is 2.16. The molecular formula is C14H15FIN3. The number of anilines is 1. The van der Waals surface area contributed by atoms with E-state index in [4.69, 9.17) is 5.73 Å². The Morgan fingerprint density at radius 1 is 1.26 bits per heavy atom. The van der Waals surface area contributed by atoms with Gasteiger partial charge in [0, 0.05) is 5.56 Å². The lowest BCUT2D eigenvalue weighted by Gasteiger charge is -2.12. The second-order valence-electron chi connectivity index (χ2n) is 4.75. The van der Waals surface area contributed by atoms with Crippen LogP contribution in [0.5, 0.6) is 0 Å². The highest BCUT2D eigenvalue weighted by molar-refractivity contribution is 14.1. The predicted octanol–water partition coefficient (Wildman–Crippen LogP) is 3.90. The number of rotatable bonds is 2. The molecule has 0 radical (unpaired) electrons. The Balaban J connectivity index is 2.59. The summed E-state index contributed by atoms with van der Waals surface area (Å²) < 4.78 is 14.2. The number of nitrogen functional groups attached to an aromatic ring is 1. The van der Waals surface area contributed by atoms with Crippen LogP contribution >= 0.6 is 22.6 Å². The molecule has 3 nitrogen and oxygen atoms in total.